The van der Waals surface area contributed by atoms with Crippen molar-refractivity contribution in [3.8, 4) is 0 Å². The molecule has 37 heavy (non-hydrogen) atoms. The van der Waals surface area contributed by atoms with Gasteiger partial charge in [0.15, 0.2) is 0 Å². The Hall–Kier alpha value is -3.75. The summed E-state index contributed by atoms with van der Waals surface area (Å²) in [4.78, 5) is 57.6. The van der Waals surface area contributed by atoms with Gasteiger partial charge in [-0.15, -0.1) is 0 Å². The standard InChI is InChI=1S/C28H38O9/c1-19(2)9-8-10-20(3)15-27(36-23(6)32)16-25(17-29)11-12-28(37-24(7)33)26(18-35-22(5)31)13-14-34-21(4)30/h9,11,13-15,17-18,27-28H,8,10,12,16H2,1-7H3/b14-13+,20-15+,25-11+,26-18-/t27-,28+/m1/s1. The van der Waals surface area contributed by atoms with Crippen LogP contribution in [0.15, 0.2) is 59.1 Å². The Morgan fingerprint density at radius 1 is 0.784 bits per heavy atom. The summed E-state index contributed by atoms with van der Waals surface area (Å²) < 4.78 is 20.4. The van der Waals surface area contributed by atoms with E-state index in [1.807, 2.05) is 26.8 Å². The maximum Gasteiger partial charge on any atom is 0.307 e. The van der Waals surface area contributed by atoms with Crippen LogP contribution in [0.2, 0.25) is 0 Å². The average Bonchev–Trinajstić information content (AvgIpc) is 2.76. The summed E-state index contributed by atoms with van der Waals surface area (Å²) in [6.45, 7) is 10.9. The minimum atomic E-state index is -0.966. The molecule has 0 radical (unpaired) electrons. The van der Waals surface area contributed by atoms with E-state index in [9.17, 15) is 24.0 Å². The van der Waals surface area contributed by atoms with Gasteiger partial charge in [0.05, 0.1) is 6.26 Å². The number of allylic oxidation sites excluding steroid dienone is 3. The Bertz CT molecular complexity index is 960. The van der Waals surface area contributed by atoms with Crippen molar-refractivity contribution in [2.45, 2.75) is 86.4 Å². The topological polar surface area (TPSA) is 122 Å². The Morgan fingerprint density at radius 3 is 1.92 bits per heavy atom. The van der Waals surface area contributed by atoms with E-state index in [0.29, 0.717) is 11.9 Å². The first-order chi connectivity index (χ1) is 17.3. The molecule has 0 saturated carbocycles. The Morgan fingerprint density at radius 2 is 1.41 bits per heavy atom. The summed E-state index contributed by atoms with van der Waals surface area (Å²) >= 11 is 0. The summed E-state index contributed by atoms with van der Waals surface area (Å²) in [6, 6.07) is 0. The lowest BCUT2D eigenvalue weighted by atomic mass is 10.0. The summed E-state index contributed by atoms with van der Waals surface area (Å²) in [5.74, 6) is -2.28. The molecule has 0 aliphatic heterocycles. The van der Waals surface area contributed by atoms with Crippen molar-refractivity contribution >= 4 is 30.2 Å². The number of esters is 4. The Labute approximate surface area is 218 Å². The molecule has 0 unspecified atom stereocenters. The number of carbonyl (C=O) groups is 5. The van der Waals surface area contributed by atoms with Crippen molar-refractivity contribution in [2.24, 2.45) is 0 Å². The highest BCUT2D eigenvalue weighted by Crippen LogP contribution is 2.19. The van der Waals surface area contributed by atoms with Gasteiger partial charge in [0.1, 0.15) is 24.8 Å². The molecule has 2 atom stereocenters. The SMILES string of the molecule is CC(=O)O/C=C(/C=C/OC(C)=O)[C@H](C/C=C(/C=O)C[C@@H](/C=C(\C)CCC=C(C)C)OC(C)=O)OC(C)=O. The molecule has 0 aliphatic rings. The third-order valence-corrected chi connectivity index (χ3v) is 4.60. The Kier molecular flexibility index (Phi) is 16.6. The molecule has 9 nitrogen and oxygen atoms in total. The fourth-order valence-corrected chi connectivity index (χ4v) is 3.04. The molecule has 0 spiro atoms. The van der Waals surface area contributed by atoms with Crippen molar-refractivity contribution in [2.75, 3.05) is 0 Å². The zero-order valence-corrected chi connectivity index (χ0v) is 22.7. The number of carbonyl (C=O) groups excluding carboxylic acids is 5. The van der Waals surface area contributed by atoms with Gasteiger partial charge in [-0.1, -0.05) is 23.3 Å². The van der Waals surface area contributed by atoms with E-state index in [0.717, 1.165) is 30.9 Å². The highest BCUT2D eigenvalue weighted by Gasteiger charge is 2.18. The molecule has 0 aromatic heterocycles. The summed E-state index contributed by atoms with van der Waals surface area (Å²) in [5, 5.41) is 0. The zero-order valence-electron chi connectivity index (χ0n) is 22.7. The van der Waals surface area contributed by atoms with Gasteiger partial charge >= 0.3 is 23.9 Å². The molecule has 0 N–H and O–H groups in total. The maximum absolute atomic E-state index is 11.8. The number of ether oxygens (including phenoxy) is 4. The van der Waals surface area contributed by atoms with Crippen molar-refractivity contribution < 1.29 is 42.9 Å². The molecular weight excluding hydrogens is 480 g/mol. The lowest BCUT2D eigenvalue weighted by Gasteiger charge is -2.18. The van der Waals surface area contributed by atoms with Crippen LogP contribution in [0.1, 0.15) is 74.1 Å². The van der Waals surface area contributed by atoms with Crippen molar-refractivity contribution in [3.63, 3.8) is 0 Å². The van der Waals surface area contributed by atoms with E-state index in [4.69, 9.17) is 18.9 Å². The molecule has 0 aromatic rings. The molecule has 0 amide bonds. The predicted molar refractivity (Wildman–Crippen MR) is 138 cm³/mol. The molecule has 0 bridgehead atoms. The number of rotatable bonds is 15. The van der Waals surface area contributed by atoms with Crippen molar-refractivity contribution in [3.05, 3.63) is 59.1 Å². The van der Waals surface area contributed by atoms with Crippen LogP contribution in [-0.4, -0.2) is 42.4 Å². The third kappa shape index (κ3) is 18.2. The van der Waals surface area contributed by atoms with Gasteiger partial charge in [0.25, 0.3) is 0 Å². The summed E-state index contributed by atoms with van der Waals surface area (Å²) in [6.07, 6.45) is 9.70. The van der Waals surface area contributed by atoms with Crippen LogP contribution in [0, 0.1) is 0 Å². The largest absolute Gasteiger partial charge is 0.458 e. The van der Waals surface area contributed by atoms with Crippen LogP contribution in [0.5, 0.6) is 0 Å². The van der Waals surface area contributed by atoms with Gasteiger partial charge in [0.2, 0.25) is 0 Å². The van der Waals surface area contributed by atoms with Crippen LogP contribution in [0.3, 0.4) is 0 Å². The van der Waals surface area contributed by atoms with Gasteiger partial charge in [0, 0.05) is 46.1 Å². The van der Waals surface area contributed by atoms with Crippen LogP contribution >= 0.6 is 0 Å². The molecule has 204 valence electrons. The molecule has 0 heterocycles. The van der Waals surface area contributed by atoms with Gasteiger partial charge in [-0.05, 0) is 51.3 Å². The fourth-order valence-electron chi connectivity index (χ4n) is 3.04. The Balaban J connectivity index is 5.91. The molecule has 0 fully saturated rings. The van der Waals surface area contributed by atoms with E-state index in [2.05, 4.69) is 6.08 Å². The third-order valence-electron chi connectivity index (χ3n) is 4.60. The summed E-state index contributed by atoms with van der Waals surface area (Å²) in [5.41, 5.74) is 2.74. The predicted octanol–water partition coefficient (Wildman–Crippen LogP) is 4.97. The van der Waals surface area contributed by atoms with Crippen LogP contribution in [-0.2, 0) is 42.9 Å². The normalized spacial score (nSPS) is 13.9. The first kappa shape index (κ1) is 33.2. The van der Waals surface area contributed by atoms with Gasteiger partial charge in [-0.2, -0.15) is 0 Å². The fraction of sp³-hybridized carbons (Fsp3) is 0.464. The van der Waals surface area contributed by atoms with Gasteiger partial charge < -0.3 is 18.9 Å². The minimum Gasteiger partial charge on any atom is -0.458 e. The van der Waals surface area contributed by atoms with Crippen molar-refractivity contribution in [1.82, 2.24) is 0 Å². The van der Waals surface area contributed by atoms with E-state index < -0.39 is 36.1 Å². The highest BCUT2D eigenvalue weighted by atomic mass is 16.6. The second kappa shape index (κ2) is 18.5. The van der Waals surface area contributed by atoms with Gasteiger partial charge in [-0.3, -0.25) is 24.0 Å². The molecule has 0 aromatic carbocycles. The van der Waals surface area contributed by atoms with Crippen LogP contribution < -0.4 is 0 Å². The number of aldehydes is 1. The quantitative estimate of drug-likeness (QED) is 0.0562. The molecular formula is C28H38O9. The average molecular weight is 519 g/mol. The zero-order chi connectivity index (χ0) is 28.4. The van der Waals surface area contributed by atoms with E-state index in [-0.39, 0.29) is 18.4 Å². The lowest BCUT2D eigenvalue weighted by molar-refractivity contribution is -0.145. The first-order valence-electron chi connectivity index (χ1n) is 11.8. The molecule has 0 saturated heterocycles. The minimum absolute atomic E-state index is 0.0290. The lowest BCUT2D eigenvalue weighted by Crippen LogP contribution is -2.19. The smallest absolute Gasteiger partial charge is 0.307 e. The maximum atomic E-state index is 11.8. The van der Waals surface area contributed by atoms with Crippen LogP contribution in [0.25, 0.3) is 0 Å². The van der Waals surface area contributed by atoms with Crippen molar-refractivity contribution in [1.29, 1.82) is 0 Å². The molecule has 9 heteroatoms. The number of hydrogen-bond acceptors (Lipinski definition) is 9. The van der Waals surface area contributed by atoms with E-state index in [1.54, 1.807) is 6.08 Å². The first-order valence-corrected chi connectivity index (χ1v) is 11.8. The highest BCUT2D eigenvalue weighted by molar-refractivity contribution is 5.74. The van der Waals surface area contributed by atoms with E-state index >= 15 is 0 Å². The molecule has 0 aliphatic carbocycles. The molecule has 0 rings (SSSR count). The second-order valence-corrected chi connectivity index (χ2v) is 8.56. The number of hydrogen-bond donors (Lipinski definition) is 0. The monoisotopic (exact) mass is 518 g/mol. The second-order valence-electron chi connectivity index (χ2n) is 8.56. The van der Waals surface area contributed by atoms with Crippen LogP contribution in [0.4, 0.5) is 0 Å². The summed E-state index contributed by atoms with van der Waals surface area (Å²) in [7, 11) is 0. The van der Waals surface area contributed by atoms with E-state index in [1.165, 1.54) is 39.3 Å². The van der Waals surface area contributed by atoms with Gasteiger partial charge in [-0.25, -0.2) is 0 Å².